The van der Waals surface area contributed by atoms with Gasteiger partial charge in [0.1, 0.15) is 0 Å². The summed E-state index contributed by atoms with van der Waals surface area (Å²) < 4.78 is -0.307. The lowest BCUT2D eigenvalue weighted by atomic mass is 10.0. The van der Waals surface area contributed by atoms with Crippen molar-refractivity contribution in [3.8, 4) is 0 Å². The Labute approximate surface area is 171 Å². The third-order valence-electron chi connectivity index (χ3n) is 4.59. The number of rotatable bonds is 1. The summed E-state index contributed by atoms with van der Waals surface area (Å²) in [6, 6.07) is 11.7. The summed E-state index contributed by atoms with van der Waals surface area (Å²) in [6.07, 6.45) is 0. The molecule has 4 rings (SSSR count). The summed E-state index contributed by atoms with van der Waals surface area (Å²) >= 11 is 13.6. The van der Waals surface area contributed by atoms with Crippen LogP contribution in [0.5, 0.6) is 0 Å². The molecule has 0 aliphatic carbocycles. The zero-order valence-corrected chi connectivity index (χ0v) is 17.0. The molecule has 1 atom stereocenters. The van der Waals surface area contributed by atoms with Crippen molar-refractivity contribution >= 4 is 58.3 Å². The van der Waals surface area contributed by atoms with Crippen molar-refractivity contribution in [2.75, 3.05) is 17.2 Å². The van der Waals surface area contributed by atoms with Gasteiger partial charge in [0.15, 0.2) is 4.87 Å². The number of nitrogens with zero attached hydrogens (tertiary/aromatic N) is 1. The molecule has 0 radical (unpaired) electrons. The smallest absolute Gasteiger partial charge is 0.323 e. The third kappa shape index (κ3) is 3.06. The highest BCUT2D eigenvalue weighted by molar-refractivity contribution is 8.02. The molecule has 0 bridgehead atoms. The first-order valence-corrected chi connectivity index (χ1v) is 9.94. The Balaban J connectivity index is 1.75. The van der Waals surface area contributed by atoms with E-state index in [1.807, 2.05) is 13.8 Å². The normalized spacial score (nSPS) is 22.7. The molecule has 3 amide bonds. The van der Waals surface area contributed by atoms with E-state index in [0.717, 1.165) is 0 Å². The topological polar surface area (TPSA) is 61.4 Å². The average molecular weight is 422 g/mol. The molecule has 0 unspecified atom stereocenters. The maximum Gasteiger partial charge on any atom is 0.323 e. The molecule has 2 aliphatic rings. The van der Waals surface area contributed by atoms with Gasteiger partial charge in [0.05, 0.1) is 0 Å². The number of carbonyl (C=O) groups is 2. The van der Waals surface area contributed by atoms with Gasteiger partial charge in [-0.15, -0.1) is 11.8 Å². The van der Waals surface area contributed by atoms with Crippen molar-refractivity contribution in [3.05, 3.63) is 58.1 Å². The van der Waals surface area contributed by atoms with Crippen LogP contribution in [0.1, 0.15) is 19.4 Å². The molecule has 0 aromatic heterocycles. The van der Waals surface area contributed by atoms with Crippen LogP contribution in [0.2, 0.25) is 10.0 Å². The van der Waals surface area contributed by atoms with Crippen LogP contribution >= 0.6 is 35.0 Å². The van der Waals surface area contributed by atoms with Gasteiger partial charge in [0, 0.05) is 38.3 Å². The zero-order chi connectivity index (χ0) is 19.4. The van der Waals surface area contributed by atoms with Crippen molar-refractivity contribution in [3.63, 3.8) is 0 Å². The van der Waals surface area contributed by atoms with Gasteiger partial charge >= 0.3 is 6.03 Å². The highest BCUT2D eigenvalue weighted by atomic mass is 35.5. The first-order valence-electron chi connectivity index (χ1n) is 8.37. The molecule has 140 valence electrons. The van der Waals surface area contributed by atoms with Gasteiger partial charge in [-0.2, -0.15) is 0 Å². The first kappa shape index (κ1) is 18.5. The molecule has 2 aromatic carbocycles. The fraction of sp³-hybridized carbons (Fsp3) is 0.263. The third-order valence-corrected chi connectivity index (χ3v) is 6.68. The van der Waals surface area contributed by atoms with Crippen LogP contribution in [0.3, 0.4) is 0 Å². The number of urea groups is 1. The van der Waals surface area contributed by atoms with E-state index in [4.69, 9.17) is 23.2 Å². The van der Waals surface area contributed by atoms with Crippen LogP contribution in [0.4, 0.5) is 16.2 Å². The molecular weight excluding hydrogens is 405 g/mol. The van der Waals surface area contributed by atoms with E-state index in [1.54, 1.807) is 47.4 Å². The van der Waals surface area contributed by atoms with Gasteiger partial charge in [0.2, 0.25) is 0 Å². The van der Waals surface area contributed by atoms with Gasteiger partial charge in [-0.3, -0.25) is 9.69 Å². The molecule has 2 N–H and O–H groups in total. The van der Waals surface area contributed by atoms with Crippen LogP contribution in [-0.2, 0) is 9.67 Å². The first-order chi connectivity index (χ1) is 12.7. The van der Waals surface area contributed by atoms with E-state index in [2.05, 4.69) is 10.6 Å². The van der Waals surface area contributed by atoms with E-state index in [9.17, 15) is 9.59 Å². The molecule has 2 aromatic rings. The maximum atomic E-state index is 13.1. The fourth-order valence-electron chi connectivity index (χ4n) is 3.52. The number of halogens is 2. The Kier molecular flexibility index (Phi) is 4.33. The van der Waals surface area contributed by atoms with Crippen molar-refractivity contribution in [2.24, 2.45) is 0 Å². The van der Waals surface area contributed by atoms with E-state index < -0.39 is 4.87 Å². The molecule has 8 heteroatoms. The molecule has 2 aliphatic heterocycles. The monoisotopic (exact) mass is 421 g/mol. The van der Waals surface area contributed by atoms with E-state index >= 15 is 0 Å². The number of hydrogen-bond acceptors (Lipinski definition) is 3. The molecule has 27 heavy (non-hydrogen) atoms. The number of fused-ring (bicyclic) bond motifs is 2. The van der Waals surface area contributed by atoms with Crippen molar-refractivity contribution < 1.29 is 9.59 Å². The van der Waals surface area contributed by atoms with Gasteiger partial charge in [-0.25, -0.2) is 4.79 Å². The number of hydrogen-bond donors (Lipinski definition) is 2. The largest absolute Gasteiger partial charge is 0.323 e. The second kappa shape index (κ2) is 6.33. The summed E-state index contributed by atoms with van der Waals surface area (Å²) in [4.78, 5) is 26.6. The molecule has 1 spiro atoms. The van der Waals surface area contributed by atoms with Crippen LogP contribution in [0.25, 0.3) is 0 Å². The minimum Gasteiger partial charge on any atom is -0.323 e. The Bertz CT molecular complexity index is 948. The number of carbonyl (C=O) groups excluding carboxylic acids is 2. The van der Waals surface area contributed by atoms with Gasteiger partial charge < -0.3 is 10.6 Å². The van der Waals surface area contributed by atoms with Gasteiger partial charge in [-0.05, 0) is 56.3 Å². The number of thioether (sulfide) groups is 1. The summed E-state index contributed by atoms with van der Waals surface area (Å²) in [5.41, 5.74) is 2.00. The molecule has 5 nitrogen and oxygen atoms in total. The Hall–Kier alpha value is -1.89. The lowest BCUT2D eigenvalue weighted by molar-refractivity contribution is -0.121. The Morgan fingerprint density at radius 3 is 2.52 bits per heavy atom. The lowest BCUT2D eigenvalue weighted by Crippen LogP contribution is -2.49. The van der Waals surface area contributed by atoms with Crippen LogP contribution in [-0.4, -0.2) is 28.1 Å². The summed E-state index contributed by atoms with van der Waals surface area (Å²) in [7, 11) is 0. The zero-order valence-electron chi connectivity index (χ0n) is 14.7. The van der Waals surface area contributed by atoms with E-state index in [0.29, 0.717) is 33.5 Å². The van der Waals surface area contributed by atoms with Crippen LogP contribution < -0.4 is 10.6 Å². The highest BCUT2D eigenvalue weighted by Gasteiger charge is 2.61. The van der Waals surface area contributed by atoms with Crippen LogP contribution in [0.15, 0.2) is 42.5 Å². The number of anilines is 2. The number of nitrogens with one attached hydrogen (secondary N) is 2. The molecule has 2 heterocycles. The van der Waals surface area contributed by atoms with E-state index in [1.165, 1.54) is 11.8 Å². The molecular formula is C19H17Cl2N3O2S. The van der Waals surface area contributed by atoms with Gasteiger partial charge in [0.25, 0.3) is 5.91 Å². The molecule has 0 saturated carbocycles. The van der Waals surface area contributed by atoms with Gasteiger partial charge in [-0.1, -0.05) is 23.2 Å². The summed E-state index contributed by atoms with van der Waals surface area (Å²) in [5.74, 6) is -0.235. The second-order valence-corrected chi connectivity index (χ2v) is 9.95. The van der Waals surface area contributed by atoms with Crippen molar-refractivity contribution in [1.29, 1.82) is 0 Å². The second-order valence-electron chi connectivity index (χ2n) is 7.17. The quantitative estimate of drug-likeness (QED) is 0.668. The minimum atomic E-state index is -1.15. The Morgan fingerprint density at radius 2 is 1.81 bits per heavy atom. The summed E-state index contributed by atoms with van der Waals surface area (Å²) in [5, 5.41) is 6.87. The SMILES string of the molecule is CC1(C)CN(C(=O)Nc2ccc(Cl)cc2)[C@]2(S1)C(=O)Nc1ccc(Cl)cc12. The maximum absolute atomic E-state index is 13.1. The minimum absolute atomic E-state index is 0.235. The summed E-state index contributed by atoms with van der Waals surface area (Å²) in [6.45, 7) is 4.45. The predicted octanol–water partition coefficient (Wildman–Crippen LogP) is 5.16. The van der Waals surface area contributed by atoms with E-state index in [-0.39, 0.29) is 16.7 Å². The number of amides is 3. The standard InChI is InChI=1S/C19H17Cl2N3O2S/c1-18(2)10-24(17(26)22-13-6-3-11(20)4-7-13)19(27-18)14-9-12(21)5-8-15(14)23-16(19)25/h3-9H,10H2,1-2H3,(H,22,26)(H,23,25)/t19-/m1/s1. The lowest BCUT2D eigenvalue weighted by Gasteiger charge is -2.32. The highest BCUT2D eigenvalue weighted by Crippen LogP contribution is 2.58. The van der Waals surface area contributed by atoms with Crippen LogP contribution in [0, 0.1) is 0 Å². The average Bonchev–Trinajstić information content (AvgIpc) is 3.04. The molecule has 1 saturated heterocycles. The molecule has 1 fully saturated rings. The van der Waals surface area contributed by atoms with Crippen molar-refractivity contribution in [2.45, 2.75) is 23.5 Å². The predicted molar refractivity (Wildman–Crippen MR) is 111 cm³/mol. The fourth-order valence-corrected chi connectivity index (χ4v) is 5.49. The number of benzene rings is 2. The van der Waals surface area contributed by atoms with Crippen molar-refractivity contribution in [1.82, 2.24) is 4.90 Å². The Morgan fingerprint density at radius 1 is 1.15 bits per heavy atom.